The van der Waals surface area contributed by atoms with E-state index in [-0.39, 0.29) is 0 Å². The van der Waals surface area contributed by atoms with E-state index in [0.29, 0.717) is 0 Å². The second-order valence-corrected chi connectivity index (χ2v) is 3.30. The van der Waals surface area contributed by atoms with Crippen molar-refractivity contribution in [2.24, 2.45) is 0 Å². The Bertz CT molecular complexity index is 238. The Morgan fingerprint density at radius 3 is 1.09 bits per heavy atom. The van der Waals surface area contributed by atoms with Crippen LogP contribution >= 0.6 is 10.8 Å². The van der Waals surface area contributed by atoms with E-state index in [4.69, 9.17) is 0 Å². The van der Waals surface area contributed by atoms with Crippen LogP contribution in [0.4, 0.5) is 25.3 Å². The molecule has 0 aromatic carbocycles. The van der Waals surface area contributed by atoms with Gasteiger partial charge in [-0.15, -0.1) is 7.77 Å². The maximum atomic E-state index is 12.0. The normalized spacial score (nSPS) is 26.4. The Hall–Kier alpha value is -0.590. The minimum atomic E-state index is -5.63. The van der Waals surface area contributed by atoms with Gasteiger partial charge >= 0.3 is 0 Å². The molecule has 0 amide bonds. The molecule has 0 unspecified atom stereocenters. The molecule has 0 aliphatic carbocycles. The van der Waals surface area contributed by atoms with Crippen LogP contribution in [0.5, 0.6) is 0 Å². The van der Waals surface area contributed by atoms with Gasteiger partial charge < -0.3 is 0 Å². The second-order valence-electron chi connectivity index (χ2n) is 1.64. The lowest BCUT2D eigenvalue weighted by Crippen LogP contribution is -1.79. The average Bonchev–Trinajstić information content (AvgIpc) is 2.06. The molecule has 0 atom stereocenters. The minimum Gasteiger partial charge on any atom is -0.200 e. The number of hydrogen-bond acceptors (Lipinski definition) is 0. The molecule has 0 aromatic heterocycles. The highest BCUT2D eigenvalue weighted by Gasteiger charge is 2.48. The summed E-state index contributed by atoms with van der Waals surface area (Å²) < 4.78 is 71.3. The summed E-state index contributed by atoms with van der Waals surface area (Å²) in [6.45, 7) is 0. The summed E-state index contributed by atoms with van der Waals surface area (Å²) in [7, 11) is -5.63. The van der Waals surface area contributed by atoms with Crippen molar-refractivity contribution >= 4 is 10.8 Å². The largest absolute Gasteiger partial charge is 0.240 e. The molecule has 1 rings (SSSR count). The Labute approximate surface area is 59.1 Å². The van der Waals surface area contributed by atoms with Crippen LogP contribution in [0.2, 0.25) is 0 Å². The van der Waals surface area contributed by atoms with E-state index in [1.54, 1.807) is 0 Å². The summed E-state index contributed by atoms with van der Waals surface area (Å²) >= 11 is 0. The molecule has 0 aromatic rings. The van der Waals surface area contributed by atoms with Crippen LogP contribution in [0.3, 0.4) is 0 Å². The van der Waals surface area contributed by atoms with Gasteiger partial charge in [0, 0.05) is 0 Å². The third-order valence-electron chi connectivity index (χ3n) is 0.988. The van der Waals surface area contributed by atoms with E-state index >= 15 is 0 Å². The Balaban J connectivity index is 3.27. The van der Waals surface area contributed by atoms with Crippen LogP contribution in [0.1, 0.15) is 0 Å². The van der Waals surface area contributed by atoms with E-state index in [1.807, 2.05) is 0 Å². The van der Waals surface area contributed by atoms with Crippen molar-refractivity contribution in [1.82, 2.24) is 0 Å². The van der Waals surface area contributed by atoms with E-state index in [2.05, 4.69) is 0 Å². The quantitative estimate of drug-likeness (QED) is 0.514. The standard InChI is InChI=1S/C4F6S/c5-1-2(6)4(8)11(9,10)3(1)7. The summed E-state index contributed by atoms with van der Waals surface area (Å²) in [5, 5.41) is -5.26. The highest BCUT2D eigenvalue weighted by molar-refractivity contribution is 8.31. The van der Waals surface area contributed by atoms with Gasteiger partial charge in [0.15, 0.2) is 10.8 Å². The van der Waals surface area contributed by atoms with E-state index < -0.39 is 32.8 Å². The first-order valence-corrected chi connectivity index (χ1v) is 3.66. The molecule has 0 bridgehead atoms. The summed E-state index contributed by atoms with van der Waals surface area (Å²) in [4.78, 5) is 0. The lowest BCUT2D eigenvalue weighted by atomic mass is 10.5. The van der Waals surface area contributed by atoms with Gasteiger partial charge in [-0.1, -0.05) is 0 Å². The lowest BCUT2D eigenvalue weighted by Gasteiger charge is -2.09. The number of allylic oxidation sites excluding steroid dienone is 2. The first kappa shape index (κ1) is 8.51. The zero-order valence-corrected chi connectivity index (χ0v) is 5.49. The molecule has 0 radical (unpaired) electrons. The summed E-state index contributed by atoms with van der Waals surface area (Å²) in [6, 6.07) is 0. The van der Waals surface area contributed by atoms with Crippen molar-refractivity contribution in [3.63, 3.8) is 0 Å². The molecule has 0 N–H and O–H groups in total. The van der Waals surface area contributed by atoms with Crippen LogP contribution in [-0.4, -0.2) is 0 Å². The van der Waals surface area contributed by atoms with Crippen molar-refractivity contribution in [2.75, 3.05) is 0 Å². The number of rotatable bonds is 0. The molecule has 1 aliphatic rings. The fourth-order valence-electron chi connectivity index (χ4n) is 0.476. The van der Waals surface area contributed by atoms with Crippen molar-refractivity contribution in [3.05, 3.63) is 22.0 Å². The molecule has 7 heteroatoms. The zero-order chi connectivity index (χ0) is 8.81. The Morgan fingerprint density at radius 1 is 0.727 bits per heavy atom. The molecule has 11 heavy (non-hydrogen) atoms. The van der Waals surface area contributed by atoms with Crippen LogP contribution in [-0.2, 0) is 0 Å². The number of halogens is 6. The van der Waals surface area contributed by atoms with Crippen LogP contribution in [0.25, 0.3) is 0 Å². The maximum absolute atomic E-state index is 12.0. The van der Waals surface area contributed by atoms with Gasteiger partial charge in [-0.3, -0.25) is 0 Å². The zero-order valence-electron chi connectivity index (χ0n) is 4.68. The van der Waals surface area contributed by atoms with Crippen LogP contribution < -0.4 is 0 Å². The topological polar surface area (TPSA) is 0 Å². The average molecular weight is 194 g/mol. The third kappa shape index (κ3) is 0.943. The molecular weight excluding hydrogens is 194 g/mol. The molecule has 0 spiro atoms. The number of hydrogen-bond donors (Lipinski definition) is 0. The molecule has 0 saturated heterocycles. The van der Waals surface area contributed by atoms with Gasteiger partial charge in [0.1, 0.15) is 0 Å². The van der Waals surface area contributed by atoms with Crippen molar-refractivity contribution in [1.29, 1.82) is 0 Å². The SMILES string of the molecule is FC1=C(F)S(F)(F)C(F)=C1F. The van der Waals surface area contributed by atoms with Crippen molar-refractivity contribution in [2.45, 2.75) is 0 Å². The monoisotopic (exact) mass is 194 g/mol. The van der Waals surface area contributed by atoms with Crippen LogP contribution in [0.15, 0.2) is 22.0 Å². The molecule has 1 aliphatic heterocycles. The van der Waals surface area contributed by atoms with E-state index in [1.165, 1.54) is 0 Å². The predicted octanol–water partition coefficient (Wildman–Crippen LogP) is 3.79. The summed E-state index contributed by atoms with van der Waals surface area (Å²) in [5.41, 5.74) is 0. The summed E-state index contributed by atoms with van der Waals surface area (Å²) in [5.74, 6) is -4.86. The second kappa shape index (κ2) is 2.20. The van der Waals surface area contributed by atoms with E-state index in [0.717, 1.165) is 0 Å². The highest BCUT2D eigenvalue weighted by Crippen LogP contribution is 2.72. The first-order valence-electron chi connectivity index (χ1n) is 2.22. The van der Waals surface area contributed by atoms with Gasteiger partial charge in [-0.05, 0) is 0 Å². The van der Waals surface area contributed by atoms with Crippen LogP contribution in [0, 0.1) is 0 Å². The van der Waals surface area contributed by atoms with Gasteiger partial charge in [0.2, 0.25) is 22.0 Å². The molecular formula is C4F6S. The van der Waals surface area contributed by atoms with E-state index in [9.17, 15) is 25.3 Å². The van der Waals surface area contributed by atoms with Gasteiger partial charge in [0.25, 0.3) is 0 Å². The minimum absolute atomic E-state index is 2.43. The highest BCUT2D eigenvalue weighted by atomic mass is 32.3. The van der Waals surface area contributed by atoms with Crippen molar-refractivity contribution < 1.29 is 25.3 Å². The molecule has 0 fully saturated rings. The fraction of sp³-hybridized carbons (Fsp3) is 0. The van der Waals surface area contributed by atoms with Crippen molar-refractivity contribution in [3.8, 4) is 0 Å². The smallest absolute Gasteiger partial charge is 0.200 e. The predicted molar refractivity (Wildman–Crippen MR) is 28.3 cm³/mol. The van der Waals surface area contributed by atoms with Gasteiger partial charge in [0.05, 0.1) is 0 Å². The molecule has 64 valence electrons. The molecule has 0 saturated carbocycles. The molecule has 1 heterocycles. The maximum Gasteiger partial charge on any atom is 0.240 e. The first-order chi connectivity index (χ1) is 4.89. The third-order valence-corrected chi connectivity index (χ3v) is 2.25. The molecule has 0 nitrogen and oxygen atoms in total. The summed E-state index contributed by atoms with van der Waals surface area (Å²) in [6.07, 6.45) is 0. The fourth-order valence-corrected chi connectivity index (χ4v) is 1.26. The Morgan fingerprint density at radius 2 is 1.00 bits per heavy atom. The van der Waals surface area contributed by atoms with Gasteiger partial charge in [-0.25, -0.2) is 0 Å². The van der Waals surface area contributed by atoms with Gasteiger partial charge in [-0.2, -0.15) is 17.6 Å². The lowest BCUT2D eigenvalue weighted by molar-refractivity contribution is 0.501. The Kier molecular flexibility index (Phi) is 1.70.